The minimum absolute atomic E-state index is 0.222. The lowest BCUT2D eigenvalue weighted by Gasteiger charge is -2.10. The van der Waals surface area contributed by atoms with Crippen molar-refractivity contribution in [1.29, 1.82) is 0 Å². The van der Waals surface area contributed by atoms with Gasteiger partial charge in [-0.1, -0.05) is 54.6 Å². The molecule has 4 aromatic rings. The van der Waals surface area contributed by atoms with Crippen molar-refractivity contribution in [2.75, 3.05) is 5.32 Å². The number of anilines is 1. The number of hydrogen-bond acceptors (Lipinski definition) is 3. The molecule has 122 valence electrons. The second-order valence-electron chi connectivity index (χ2n) is 5.74. The number of nitrogens with one attached hydrogen (secondary N) is 1. The number of fused-ring (bicyclic) bond motifs is 2. The molecule has 4 heteroatoms. The van der Waals surface area contributed by atoms with Crippen molar-refractivity contribution < 1.29 is 9.53 Å². The Hall–Kier alpha value is -3.40. The summed E-state index contributed by atoms with van der Waals surface area (Å²) in [5, 5.41) is 6.93. The molecule has 4 rings (SSSR count). The molecule has 0 saturated carbocycles. The van der Waals surface area contributed by atoms with Crippen LogP contribution < -0.4 is 5.32 Å². The van der Waals surface area contributed by atoms with Gasteiger partial charge in [-0.2, -0.15) is 0 Å². The summed E-state index contributed by atoms with van der Waals surface area (Å²) in [7, 11) is 0. The number of pyridine rings is 1. The Balaban J connectivity index is 1.50. The molecule has 1 aromatic heterocycles. The molecule has 1 heterocycles. The summed E-state index contributed by atoms with van der Waals surface area (Å²) >= 11 is 0. The molecule has 0 aliphatic heterocycles. The molecule has 0 atom stereocenters. The molecule has 1 N–H and O–H groups in total. The summed E-state index contributed by atoms with van der Waals surface area (Å²) in [6.07, 6.45) is 2.99. The van der Waals surface area contributed by atoms with Gasteiger partial charge < -0.3 is 4.74 Å². The Morgan fingerprint density at radius 1 is 0.880 bits per heavy atom. The van der Waals surface area contributed by atoms with Gasteiger partial charge in [-0.05, 0) is 28.5 Å². The lowest BCUT2D eigenvalue weighted by atomic mass is 10.1. The quantitative estimate of drug-likeness (QED) is 0.567. The van der Waals surface area contributed by atoms with Crippen molar-refractivity contribution in [3.8, 4) is 0 Å². The Kier molecular flexibility index (Phi) is 4.01. The van der Waals surface area contributed by atoms with Crippen LogP contribution in [0.4, 0.5) is 10.5 Å². The first-order chi connectivity index (χ1) is 12.3. The molecule has 0 saturated heterocycles. The van der Waals surface area contributed by atoms with E-state index >= 15 is 0 Å². The van der Waals surface area contributed by atoms with E-state index < -0.39 is 6.09 Å². The summed E-state index contributed by atoms with van der Waals surface area (Å²) in [6.45, 7) is 0.222. The number of rotatable bonds is 3. The Bertz CT molecular complexity index is 1050. The third-order valence-electron chi connectivity index (χ3n) is 4.16. The number of carbonyl (C=O) groups excluding carboxylic acids is 1. The normalized spacial score (nSPS) is 10.7. The number of aromatic nitrogens is 1. The third kappa shape index (κ3) is 3.15. The summed E-state index contributed by atoms with van der Waals surface area (Å²) < 4.78 is 5.42. The van der Waals surface area contributed by atoms with Gasteiger partial charge in [-0.3, -0.25) is 10.3 Å². The smallest absolute Gasteiger partial charge is 0.411 e. The highest BCUT2D eigenvalue weighted by Gasteiger charge is 2.08. The van der Waals surface area contributed by atoms with E-state index in [2.05, 4.69) is 10.3 Å². The van der Waals surface area contributed by atoms with Crippen LogP contribution in [0, 0.1) is 0 Å². The van der Waals surface area contributed by atoms with E-state index in [1.807, 2.05) is 66.7 Å². The molecular weight excluding hydrogens is 312 g/mol. The van der Waals surface area contributed by atoms with E-state index in [0.29, 0.717) is 5.69 Å². The highest BCUT2D eigenvalue weighted by atomic mass is 16.5. The van der Waals surface area contributed by atoms with E-state index in [1.54, 1.807) is 12.4 Å². The fraction of sp³-hybridized carbons (Fsp3) is 0.0476. The van der Waals surface area contributed by atoms with Gasteiger partial charge in [-0.15, -0.1) is 0 Å². The molecule has 25 heavy (non-hydrogen) atoms. The molecule has 0 bridgehead atoms. The third-order valence-corrected chi connectivity index (χ3v) is 4.16. The second-order valence-corrected chi connectivity index (χ2v) is 5.74. The lowest BCUT2D eigenvalue weighted by molar-refractivity contribution is 0.155. The van der Waals surface area contributed by atoms with Crippen molar-refractivity contribution >= 4 is 33.3 Å². The standard InChI is InChI=1S/C21H16N2O2/c24-21(23-20-10-4-7-16-13-22-12-11-19(16)20)25-14-17-8-3-6-15-5-1-2-9-18(15)17/h1-13H,14H2,(H,23,24). The minimum atomic E-state index is -0.475. The first-order valence-electron chi connectivity index (χ1n) is 8.04. The van der Waals surface area contributed by atoms with Crippen LogP contribution in [0.3, 0.4) is 0 Å². The molecule has 1 amide bonds. The van der Waals surface area contributed by atoms with E-state index in [-0.39, 0.29) is 6.61 Å². The SMILES string of the molecule is O=C(Nc1cccc2cnccc12)OCc1cccc2ccccc12. The fourth-order valence-corrected chi connectivity index (χ4v) is 2.94. The van der Waals surface area contributed by atoms with Gasteiger partial charge in [-0.25, -0.2) is 4.79 Å². The molecule has 0 spiro atoms. The number of ether oxygens (including phenoxy) is 1. The van der Waals surface area contributed by atoms with Gasteiger partial charge in [0.2, 0.25) is 0 Å². The Labute approximate surface area is 145 Å². The maximum atomic E-state index is 12.2. The molecule has 4 nitrogen and oxygen atoms in total. The highest BCUT2D eigenvalue weighted by molar-refractivity contribution is 5.99. The van der Waals surface area contributed by atoms with Crippen LogP contribution >= 0.6 is 0 Å². The minimum Gasteiger partial charge on any atom is -0.444 e. The van der Waals surface area contributed by atoms with Crippen LogP contribution in [-0.2, 0) is 11.3 Å². The van der Waals surface area contributed by atoms with Crippen LogP contribution in [0.5, 0.6) is 0 Å². The van der Waals surface area contributed by atoms with Crippen LogP contribution in [0.1, 0.15) is 5.56 Å². The van der Waals surface area contributed by atoms with E-state index in [1.165, 1.54) is 0 Å². The van der Waals surface area contributed by atoms with Gasteiger partial charge >= 0.3 is 6.09 Å². The van der Waals surface area contributed by atoms with E-state index in [4.69, 9.17) is 4.74 Å². The Morgan fingerprint density at radius 3 is 2.64 bits per heavy atom. The van der Waals surface area contributed by atoms with Crippen LogP contribution in [-0.4, -0.2) is 11.1 Å². The van der Waals surface area contributed by atoms with Crippen LogP contribution in [0.2, 0.25) is 0 Å². The predicted molar refractivity (Wildman–Crippen MR) is 99.5 cm³/mol. The fourth-order valence-electron chi connectivity index (χ4n) is 2.94. The molecule has 0 aliphatic carbocycles. The number of amides is 1. The van der Waals surface area contributed by atoms with Gasteiger partial charge in [0.25, 0.3) is 0 Å². The highest BCUT2D eigenvalue weighted by Crippen LogP contribution is 2.23. The van der Waals surface area contributed by atoms with E-state index in [0.717, 1.165) is 27.1 Å². The largest absolute Gasteiger partial charge is 0.444 e. The summed E-state index contributed by atoms with van der Waals surface area (Å²) in [5.74, 6) is 0. The first-order valence-corrected chi connectivity index (χ1v) is 8.04. The second kappa shape index (κ2) is 6.61. The number of benzene rings is 3. The van der Waals surface area contributed by atoms with Crippen molar-refractivity contribution in [3.63, 3.8) is 0 Å². The van der Waals surface area contributed by atoms with Crippen molar-refractivity contribution in [2.24, 2.45) is 0 Å². The zero-order chi connectivity index (χ0) is 17.1. The number of nitrogens with zero attached hydrogens (tertiary/aromatic N) is 1. The van der Waals surface area contributed by atoms with Crippen molar-refractivity contribution in [1.82, 2.24) is 4.98 Å². The molecular formula is C21H16N2O2. The number of carbonyl (C=O) groups is 1. The molecule has 3 aromatic carbocycles. The summed E-state index contributed by atoms with van der Waals surface area (Å²) in [6, 6.07) is 21.6. The topological polar surface area (TPSA) is 51.2 Å². The van der Waals surface area contributed by atoms with Crippen LogP contribution in [0.25, 0.3) is 21.5 Å². The van der Waals surface area contributed by atoms with E-state index in [9.17, 15) is 4.79 Å². The molecule has 0 unspecified atom stereocenters. The van der Waals surface area contributed by atoms with Gasteiger partial charge in [0.15, 0.2) is 0 Å². The van der Waals surface area contributed by atoms with Gasteiger partial charge in [0, 0.05) is 23.2 Å². The summed E-state index contributed by atoms with van der Waals surface area (Å²) in [4.78, 5) is 16.3. The maximum Gasteiger partial charge on any atom is 0.411 e. The molecule has 0 aliphatic rings. The predicted octanol–water partition coefficient (Wildman–Crippen LogP) is 5.14. The first kappa shape index (κ1) is 15.1. The number of hydrogen-bond donors (Lipinski definition) is 1. The lowest BCUT2D eigenvalue weighted by Crippen LogP contribution is -2.13. The molecule has 0 fully saturated rings. The molecule has 0 radical (unpaired) electrons. The average Bonchev–Trinajstić information content (AvgIpc) is 2.66. The monoisotopic (exact) mass is 328 g/mol. The van der Waals surface area contributed by atoms with Gasteiger partial charge in [0.05, 0.1) is 5.69 Å². The van der Waals surface area contributed by atoms with Crippen molar-refractivity contribution in [3.05, 3.63) is 84.7 Å². The average molecular weight is 328 g/mol. The Morgan fingerprint density at radius 2 is 1.68 bits per heavy atom. The van der Waals surface area contributed by atoms with Crippen molar-refractivity contribution in [2.45, 2.75) is 6.61 Å². The van der Waals surface area contributed by atoms with Crippen LogP contribution in [0.15, 0.2) is 79.1 Å². The zero-order valence-corrected chi connectivity index (χ0v) is 13.5. The zero-order valence-electron chi connectivity index (χ0n) is 13.5. The van der Waals surface area contributed by atoms with Gasteiger partial charge in [0.1, 0.15) is 6.61 Å². The summed E-state index contributed by atoms with van der Waals surface area (Å²) in [5.41, 5.74) is 1.69. The maximum absolute atomic E-state index is 12.2.